The van der Waals surface area contributed by atoms with Gasteiger partial charge in [0.15, 0.2) is 0 Å². The minimum atomic E-state index is 0.438. The molecule has 0 aliphatic heterocycles. The van der Waals surface area contributed by atoms with Crippen LogP contribution in [-0.4, -0.2) is 20.6 Å². The molecule has 1 heterocycles. The summed E-state index contributed by atoms with van der Waals surface area (Å²) in [5.74, 6) is 1.84. The number of aromatic nitrogens is 4. The van der Waals surface area contributed by atoms with Crippen LogP contribution in [0.15, 0.2) is 78.9 Å². The standard InChI is InChI=1S/C21H18N4O2/c1-3-7-16(8-4-1)14-26-18-11-12-19(21-22-24-25-23-21)20(13-18)27-15-17-9-5-2-6-10-17/h1-13H,14-15H2,(H,22,23,24,25). The van der Waals surface area contributed by atoms with Crippen molar-refractivity contribution in [2.45, 2.75) is 13.2 Å². The maximum atomic E-state index is 6.04. The third kappa shape index (κ3) is 4.30. The van der Waals surface area contributed by atoms with Crippen molar-refractivity contribution in [1.29, 1.82) is 0 Å². The van der Waals surface area contributed by atoms with Gasteiger partial charge in [0.25, 0.3) is 0 Å². The topological polar surface area (TPSA) is 72.9 Å². The number of rotatable bonds is 7. The number of nitrogens with one attached hydrogen (secondary N) is 1. The van der Waals surface area contributed by atoms with E-state index in [-0.39, 0.29) is 0 Å². The monoisotopic (exact) mass is 358 g/mol. The van der Waals surface area contributed by atoms with Crippen molar-refractivity contribution in [2.75, 3.05) is 0 Å². The average molecular weight is 358 g/mol. The quantitative estimate of drug-likeness (QED) is 0.540. The van der Waals surface area contributed by atoms with Crippen molar-refractivity contribution >= 4 is 0 Å². The molecule has 0 aliphatic rings. The van der Waals surface area contributed by atoms with E-state index in [2.05, 4.69) is 20.6 Å². The van der Waals surface area contributed by atoms with Gasteiger partial charge in [0.1, 0.15) is 24.7 Å². The molecule has 0 fully saturated rings. The highest BCUT2D eigenvalue weighted by Crippen LogP contribution is 2.32. The molecule has 134 valence electrons. The van der Waals surface area contributed by atoms with Gasteiger partial charge < -0.3 is 9.47 Å². The highest BCUT2D eigenvalue weighted by atomic mass is 16.5. The molecular weight excluding hydrogens is 340 g/mol. The van der Waals surface area contributed by atoms with Gasteiger partial charge in [-0.15, -0.1) is 10.2 Å². The molecule has 0 saturated carbocycles. The molecule has 0 saturated heterocycles. The van der Waals surface area contributed by atoms with Crippen molar-refractivity contribution < 1.29 is 9.47 Å². The summed E-state index contributed by atoms with van der Waals surface area (Å²) in [6, 6.07) is 25.6. The zero-order chi connectivity index (χ0) is 18.3. The molecule has 6 nitrogen and oxygen atoms in total. The molecule has 4 aromatic rings. The first-order valence-electron chi connectivity index (χ1n) is 8.60. The molecule has 0 unspecified atom stereocenters. The second-order valence-corrected chi connectivity index (χ2v) is 5.94. The second-order valence-electron chi connectivity index (χ2n) is 5.94. The molecule has 0 amide bonds. The maximum absolute atomic E-state index is 6.04. The first-order valence-corrected chi connectivity index (χ1v) is 8.60. The van der Waals surface area contributed by atoms with E-state index >= 15 is 0 Å². The van der Waals surface area contributed by atoms with E-state index in [1.165, 1.54) is 0 Å². The Morgan fingerprint density at radius 2 is 1.41 bits per heavy atom. The lowest BCUT2D eigenvalue weighted by molar-refractivity contribution is 0.290. The Bertz CT molecular complexity index is 974. The van der Waals surface area contributed by atoms with Crippen molar-refractivity contribution in [1.82, 2.24) is 20.6 Å². The molecule has 1 aromatic heterocycles. The predicted octanol–water partition coefficient (Wildman–Crippen LogP) is 4.02. The lowest BCUT2D eigenvalue weighted by Crippen LogP contribution is -2.00. The Labute approximate surface area is 156 Å². The Kier molecular flexibility index (Phi) is 5.06. The van der Waals surface area contributed by atoms with Gasteiger partial charge in [-0.3, -0.25) is 0 Å². The molecular formula is C21H18N4O2. The summed E-state index contributed by atoms with van der Waals surface area (Å²) in [4.78, 5) is 0. The number of ether oxygens (including phenoxy) is 2. The van der Waals surface area contributed by atoms with Gasteiger partial charge in [-0.05, 0) is 28.5 Å². The fourth-order valence-corrected chi connectivity index (χ4v) is 2.65. The lowest BCUT2D eigenvalue weighted by atomic mass is 10.1. The Balaban J connectivity index is 1.55. The summed E-state index contributed by atoms with van der Waals surface area (Å²) in [6.45, 7) is 0.925. The lowest BCUT2D eigenvalue weighted by Gasteiger charge is -2.13. The number of aromatic amines is 1. The van der Waals surface area contributed by atoms with Crippen LogP contribution in [-0.2, 0) is 13.2 Å². The SMILES string of the molecule is c1ccc(COc2ccc(-c3nn[nH]n3)c(OCc3ccccc3)c2)cc1. The molecule has 1 N–H and O–H groups in total. The highest BCUT2D eigenvalue weighted by Gasteiger charge is 2.13. The minimum Gasteiger partial charge on any atom is -0.489 e. The third-order valence-electron chi connectivity index (χ3n) is 4.02. The second kappa shape index (κ2) is 8.14. The van der Waals surface area contributed by atoms with Gasteiger partial charge >= 0.3 is 0 Å². The molecule has 3 aromatic carbocycles. The Morgan fingerprint density at radius 3 is 2.04 bits per heavy atom. The third-order valence-corrected chi connectivity index (χ3v) is 4.02. The van der Waals surface area contributed by atoms with E-state index in [1.807, 2.05) is 78.9 Å². The normalized spacial score (nSPS) is 10.5. The summed E-state index contributed by atoms with van der Waals surface area (Å²) < 4.78 is 12.0. The molecule has 0 bridgehead atoms. The molecule has 0 spiro atoms. The number of hydrogen-bond acceptors (Lipinski definition) is 5. The molecule has 0 aliphatic carbocycles. The summed E-state index contributed by atoms with van der Waals surface area (Å²) in [7, 11) is 0. The van der Waals surface area contributed by atoms with Crippen LogP contribution in [0.5, 0.6) is 11.5 Å². The summed E-state index contributed by atoms with van der Waals surface area (Å²) in [6.07, 6.45) is 0. The van der Waals surface area contributed by atoms with Gasteiger partial charge in [0.05, 0.1) is 5.56 Å². The molecule has 27 heavy (non-hydrogen) atoms. The smallest absolute Gasteiger partial charge is 0.208 e. The molecule has 0 radical (unpaired) electrons. The van der Waals surface area contributed by atoms with Gasteiger partial charge in [-0.25, -0.2) is 0 Å². The van der Waals surface area contributed by atoms with Gasteiger partial charge in [0.2, 0.25) is 5.82 Å². The maximum Gasteiger partial charge on any atom is 0.208 e. The van der Waals surface area contributed by atoms with E-state index in [0.717, 1.165) is 16.7 Å². The molecule has 6 heteroatoms. The highest BCUT2D eigenvalue weighted by molar-refractivity contribution is 5.65. The van der Waals surface area contributed by atoms with E-state index in [9.17, 15) is 0 Å². The average Bonchev–Trinajstić information content (AvgIpc) is 3.27. The van der Waals surface area contributed by atoms with Crippen LogP contribution in [0.3, 0.4) is 0 Å². The van der Waals surface area contributed by atoms with Crippen LogP contribution in [0.4, 0.5) is 0 Å². The largest absolute Gasteiger partial charge is 0.489 e. The number of H-pyrrole nitrogens is 1. The van der Waals surface area contributed by atoms with E-state index in [0.29, 0.717) is 30.5 Å². The molecule has 0 atom stereocenters. The summed E-state index contributed by atoms with van der Waals surface area (Å²) >= 11 is 0. The summed E-state index contributed by atoms with van der Waals surface area (Å²) in [5.41, 5.74) is 2.94. The Hall–Kier alpha value is -3.67. The van der Waals surface area contributed by atoms with E-state index < -0.39 is 0 Å². The first-order chi connectivity index (χ1) is 13.4. The van der Waals surface area contributed by atoms with E-state index in [4.69, 9.17) is 9.47 Å². The minimum absolute atomic E-state index is 0.438. The van der Waals surface area contributed by atoms with Crippen LogP contribution in [0.25, 0.3) is 11.4 Å². The number of tetrazole rings is 1. The molecule has 4 rings (SSSR count). The van der Waals surface area contributed by atoms with Gasteiger partial charge in [0, 0.05) is 6.07 Å². The first kappa shape index (κ1) is 16.8. The van der Waals surface area contributed by atoms with Crippen LogP contribution < -0.4 is 9.47 Å². The van der Waals surface area contributed by atoms with Crippen molar-refractivity contribution in [2.24, 2.45) is 0 Å². The van der Waals surface area contributed by atoms with Crippen LogP contribution in [0, 0.1) is 0 Å². The number of nitrogens with zero attached hydrogens (tertiary/aromatic N) is 3. The van der Waals surface area contributed by atoms with Crippen LogP contribution in [0.1, 0.15) is 11.1 Å². The zero-order valence-corrected chi connectivity index (χ0v) is 14.6. The van der Waals surface area contributed by atoms with Crippen LogP contribution in [0.2, 0.25) is 0 Å². The van der Waals surface area contributed by atoms with Crippen molar-refractivity contribution in [3.05, 3.63) is 90.0 Å². The Morgan fingerprint density at radius 1 is 0.741 bits per heavy atom. The fraction of sp³-hybridized carbons (Fsp3) is 0.0952. The summed E-state index contributed by atoms with van der Waals surface area (Å²) in [5, 5.41) is 14.2. The van der Waals surface area contributed by atoms with Gasteiger partial charge in [-0.2, -0.15) is 5.21 Å². The fourth-order valence-electron chi connectivity index (χ4n) is 2.65. The predicted molar refractivity (Wildman–Crippen MR) is 101 cm³/mol. The van der Waals surface area contributed by atoms with Crippen LogP contribution >= 0.6 is 0 Å². The van der Waals surface area contributed by atoms with E-state index in [1.54, 1.807) is 0 Å². The van der Waals surface area contributed by atoms with Crippen molar-refractivity contribution in [3.8, 4) is 22.9 Å². The zero-order valence-electron chi connectivity index (χ0n) is 14.6. The van der Waals surface area contributed by atoms with Crippen molar-refractivity contribution in [3.63, 3.8) is 0 Å². The number of hydrogen-bond donors (Lipinski definition) is 1. The van der Waals surface area contributed by atoms with Gasteiger partial charge in [-0.1, -0.05) is 60.7 Å². The number of benzene rings is 3.